The number of rotatable bonds is 4. The third kappa shape index (κ3) is 3.09. The van der Waals surface area contributed by atoms with E-state index in [4.69, 9.17) is 10.5 Å². The van der Waals surface area contributed by atoms with Crippen LogP contribution < -0.4 is 10.5 Å². The highest BCUT2D eigenvalue weighted by Gasteiger charge is 2.11. The van der Waals surface area contributed by atoms with Crippen LogP contribution in [-0.4, -0.2) is 36.1 Å². The summed E-state index contributed by atoms with van der Waals surface area (Å²) in [5.74, 6) is 0.530. The summed E-state index contributed by atoms with van der Waals surface area (Å²) in [7, 11) is 0. The van der Waals surface area contributed by atoms with E-state index in [2.05, 4.69) is 25.8 Å². The molecule has 1 aliphatic heterocycles. The van der Waals surface area contributed by atoms with Crippen LogP contribution in [0.25, 0.3) is 0 Å². The number of aromatic nitrogens is 1. The van der Waals surface area contributed by atoms with Crippen molar-refractivity contribution in [2.45, 2.75) is 12.8 Å². The molecule has 0 unspecified atom stereocenters. The van der Waals surface area contributed by atoms with E-state index < -0.39 is 0 Å². The first kappa shape index (κ1) is 11.7. The lowest BCUT2D eigenvalue weighted by molar-refractivity contribution is 0.233. The van der Waals surface area contributed by atoms with Crippen molar-refractivity contribution in [2.24, 2.45) is 0 Å². The second-order valence-electron chi connectivity index (χ2n) is 3.95. The first-order chi connectivity index (χ1) is 7.75. The molecular formula is C11H16BrN3O. The Labute approximate surface area is 104 Å². The van der Waals surface area contributed by atoms with Crippen LogP contribution in [0.5, 0.6) is 5.88 Å². The van der Waals surface area contributed by atoms with Crippen LogP contribution in [0, 0.1) is 0 Å². The quantitative estimate of drug-likeness (QED) is 0.918. The number of likely N-dealkylation sites (tertiary alicyclic amines) is 1. The maximum absolute atomic E-state index is 5.78. The number of ether oxygens (including phenoxy) is 1. The Hall–Kier alpha value is -0.810. The van der Waals surface area contributed by atoms with Gasteiger partial charge in [0.25, 0.3) is 0 Å². The van der Waals surface area contributed by atoms with Crippen LogP contribution >= 0.6 is 15.9 Å². The number of anilines is 1. The molecule has 0 bridgehead atoms. The van der Waals surface area contributed by atoms with Crippen LogP contribution in [0.2, 0.25) is 0 Å². The average Bonchev–Trinajstić information content (AvgIpc) is 2.74. The average molecular weight is 286 g/mol. The molecule has 0 aromatic carbocycles. The summed E-state index contributed by atoms with van der Waals surface area (Å²) >= 11 is 3.31. The van der Waals surface area contributed by atoms with E-state index in [1.807, 2.05) is 0 Å². The maximum Gasteiger partial charge on any atom is 0.237 e. The summed E-state index contributed by atoms with van der Waals surface area (Å²) in [5.41, 5.74) is 6.36. The number of halogens is 1. The van der Waals surface area contributed by atoms with Crippen LogP contribution in [-0.2, 0) is 0 Å². The van der Waals surface area contributed by atoms with Gasteiger partial charge in [-0.25, -0.2) is 4.98 Å². The molecule has 0 spiro atoms. The third-order valence-electron chi connectivity index (χ3n) is 2.69. The zero-order valence-corrected chi connectivity index (χ0v) is 10.7. The standard InChI is InChI=1S/C11H16BrN3O/c12-9-7-10(13)11(14-8-9)16-6-5-15-3-1-2-4-15/h7-8H,1-6,13H2. The molecule has 2 N–H and O–H groups in total. The summed E-state index contributed by atoms with van der Waals surface area (Å²) in [4.78, 5) is 6.53. The third-order valence-corrected chi connectivity index (χ3v) is 3.12. The largest absolute Gasteiger partial charge is 0.475 e. The Bertz CT molecular complexity index is 353. The van der Waals surface area contributed by atoms with Crippen molar-refractivity contribution in [1.29, 1.82) is 0 Å². The van der Waals surface area contributed by atoms with Gasteiger partial charge >= 0.3 is 0 Å². The highest BCUT2D eigenvalue weighted by atomic mass is 79.9. The second-order valence-corrected chi connectivity index (χ2v) is 4.86. The minimum Gasteiger partial charge on any atom is -0.475 e. The highest BCUT2D eigenvalue weighted by Crippen LogP contribution is 2.21. The van der Waals surface area contributed by atoms with Crippen LogP contribution in [0.15, 0.2) is 16.7 Å². The summed E-state index contributed by atoms with van der Waals surface area (Å²) < 4.78 is 6.43. The van der Waals surface area contributed by atoms with Gasteiger partial charge in [-0.1, -0.05) is 0 Å². The predicted octanol–water partition coefficient (Wildman–Crippen LogP) is 1.90. The topological polar surface area (TPSA) is 51.4 Å². The van der Waals surface area contributed by atoms with Gasteiger partial charge < -0.3 is 10.5 Å². The molecule has 2 heterocycles. The fourth-order valence-corrected chi connectivity index (χ4v) is 2.19. The molecule has 1 aromatic heterocycles. The molecular weight excluding hydrogens is 270 g/mol. The number of hydrogen-bond donors (Lipinski definition) is 1. The fourth-order valence-electron chi connectivity index (χ4n) is 1.84. The van der Waals surface area contributed by atoms with Gasteiger partial charge in [-0.15, -0.1) is 0 Å². The predicted molar refractivity (Wildman–Crippen MR) is 67.5 cm³/mol. The van der Waals surface area contributed by atoms with Gasteiger partial charge in [0.2, 0.25) is 5.88 Å². The van der Waals surface area contributed by atoms with Crippen molar-refractivity contribution >= 4 is 21.6 Å². The van der Waals surface area contributed by atoms with E-state index in [1.54, 1.807) is 12.3 Å². The SMILES string of the molecule is Nc1cc(Br)cnc1OCCN1CCCC1. The van der Waals surface area contributed by atoms with E-state index in [0.717, 1.165) is 11.0 Å². The van der Waals surface area contributed by atoms with Gasteiger partial charge in [-0.3, -0.25) is 4.90 Å². The molecule has 1 fully saturated rings. The highest BCUT2D eigenvalue weighted by molar-refractivity contribution is 9.10. The van der Waals surface area contributed by atoms with Crippen LogP contribution in [0.4, 0.5) is 5.69 Å². The molecule has 1 aliphatic rings. The molecule has 4 nitrogen and oxygen atoms in total. The van der Waals surface area contributed by atoms with E-state index in [9.17, 15) is 0 Å². The van der Waals surface area contributed by atoms with E-state index >= 15 is 0 Å². The van der Waals surface area contributed by atoms with Gasteiger partial charge in [0.05, 0.1) is 5.69 Å². The van der Waals surface area contributed by atoms with Gasteiger partial charge in [-0.05, 0) is 47.9 Å². The van der Waals surface area contributed by atoms with Crippen molar-refractivity contribution in [3.05, 3.63) is 16.7 Å². The molecule has 16 heavy (non-hydrogen) atoms. The lowest BCUT2D eigenvalue weighted by Gasteiger charge is -2.15. The zero-order valence-electron chi connectivity index (χ0n) is 9.16. The van der Waals surface area contributed by atoms with Gasteiger partial charge in [0.1, 0.15) is 6.61 Å². The van der Waals surface area contributed by atoms with Crippen LogP contribution in [0.3, 0.4) is 0 Å². The Morgan fingerprint density at radius 1 is 1.44 bits per heavy atom. The Morgan fingerprint density at radius 2 is 2.19 bits per heavy atom. The lowest BCUT2D eigenvalue weighted by atomic mass is 10.4. The van der Waals surface area contributed by atoms with E-state index in [1.165, 1.54) is 25.9 Å². The number of nitrogens with zero attached hydrogens (tertiary/aromatic N) is 2. The smallest absolute Gasteiger partial charge is 0.237 e. The van der Waals surface area contributed by atoms with Gasteiger partial charge in [0.15, 0.2) is 0 Å². The van der Waals surface area contributed by atoms with E-state index in [0.29, 0.717) is 18.2 Å². The molecule has 88 valence electrons. The first-order valence-electron chi connectivity index (χ1n) is 5.52. The molecule has 0 atom stereocenters. The van der Waals surface area contributed by atoms with Crippen molar-refractivity contribution in [3.63, 3.8) is 0 Å². The molecule has 0 radical (unpaired) electrons. The fraction of sp³-hybridized carbons (Fsp3) is 0.545. The Kier molecular flexibility index (Phi) is 4.01. The van der Waals surface area contributed by atoms with Crippen molar-refractivity contribution in [3.8, 4) is 5.88 Å². The van der Waals surface area contributed by atoms with Crippen LogP contribution in [0.1, 0.15) is 12.8 Å². The van der Waals surface area contributed by atoms with Crippen molar-refractivity contribution in [2.75, 3.05) is 32.0 Å². The maximum atomic E-state index is 5.78. The lowest BCUT2D eigenvalue weighted by Crippen LogP contribution is -2.25. The molecule has 5 heteroatoms. The first-order valence-corrected chi connectivity index (χ1v) is 6.31. The summed E-state index contributed by atoms with van der Waals surface area (Å²) in [5, 5.41) is 0. The minimum absolute atomic E-state index is 0.530. The molecule has 1 saturated heterocycles. The summed E-state index contributed by atoms with van der Waals surface area (Å²) in [6.45, 7) is 3.98. The summed E-state index contributed by atoms with van der Waals surface area (Å²) in [6.07, 6.45) is 4.30. The molecule has 2 rings (SSSR count). The Balaban J connectivity index is 1.80. The molecule has 0 saturated carbocycles. The monoisotopic (exact) mass is 285 g/mol. The molecule has 0 amide bonds. The van der Waals surface area contributed by atoms with Gasteiger partial charge in [0, 0.05) is 17.2 Å². The number of hydrogen-bond acceptors (Lipinski definition) is 4. The molecule has 1 aromatic rings. The molecule has 0 aliphatic carbocycles. The van der Waals surface area contributed by atoms with E-state index in [-0.39, 0.29) is 0 Å². The Morgan fingerprint density at radius 3 is 2.88 bits per heavy atom. The van der Waals surface area contributed by atoms with Crippen molar-refractivity contribution in [1.82, 2.24) is 9.88 Å². The zero-order chi connectivity index (χ0) is 11.4. The summed E-state index contributed by atoms with van der Waals surface area (Å²) in [6, 6.07) is 1.80. The number of nitrogens with two attached hydrogens (primary N) is 1. The number of pyridine rings is 1. The minimum atomic E-state index is 0.530. The number of nitrogen functional groups attached to an aromatic ring is 1. The second kappa shape index (κ2) is 5.50. The van der Waals surface area contributed by atoms with Gasteiger partial charge in [-0.2, -0.15) is 0 Å². The van der Waals surface area contributed by atoms with Crippen molar-refractivity contribution < 1.29 is 4.74 Å². The normalized spacial score (nSPS) is 16.6.